The monoisotopic (exact) mass is 207 g/mol. The highest BCUT2D eigenvalue weighted by atomic mass is 16.4. The van der Waals surface area contributed by atoms with Crippen LogP contribution in [0.3, 0.4) is 0 Å². The molecule has 0 aliphatic heterocycles. The zero-order chi connectivity index (χ0) is 10.9. The van der Waals surface area contributed by atoms with E-state index < -0.39 is 5.97 Å². The fourth-order valence-corrected chi connectivity index (χ4v) is 1.37. The highest BCUT2D eigenvalue weighted by Gasteiger charge is 1.95. The van der Waals surface area contributed by atoms with Crippen LogP contribution in [0.25, 0.3) is 0 Å². The maximum atomic E-state index is 10.2. The van der Waals surface area contributed by atoms with Gasteiger partial charge in [-0.15, -0.1) is 0 Å². The van der Waals surface area contributed by atoms with Crippen LogP contribution in [0.1, 0.15) is 18.4 Å². The Labute approximate surface area is 90.1 Å². The Kier molecular flexibility index (Phi) is 5.48. The summed E-state index contributed by atoms with van der Waals surface area (Å²) in [5.74, 6) is -0.722. The predicted molar refractivity (Wildman–Crippen MR) is 59.9 cm³/mol. The second-order valence-electron chi connectivity index (χ2n) is 3.48. The molecule has 0 aliphatic carbocycles. The van der Waals surface area contributed by atoms with Gasteiger partial charge in [0, 0.05) is 6.42 Å². The van der Waals surface area contributed by atoms with Gasteiger partial charge in [0.05, 0.1) is 0 Å². The number of benzene rings is 1. The van der Waals surface area contributed by atoms with E-state index in [-0.39, 0.29) is 6.42 Å². The van der Waals surface area contributed by atoms with Gasteiger partial charge in [-0.05, 0) is 31.5 Å². The molecule has 1 aromatic carbocycles. The normalized spacial score (nSPS) is 10.1. The molecular weight excluding hydrogens is 190 g/mol. The van der Waals surface area contributed by atoms with E-state index in [1.807, 2.05) is 18.2 Å². The number of nitrogens with one attached hydrogen (secondary N) is 1. The topological polar surface area (TPSA) is 49.3 Å². The standard InChI is InChI=1S/C12H17NO2/c14-12(15)7-4-9-13-10-8-11-5-2-1-3-6-11/h1-3,5-6,13H,4,7-10H2,(H,14,15). The van der Waals surface area contributed by atoms with E-state index >= 15 is 0 Å². The SMILES string of the molecule is O=C(O)CCCNCCc1ccccc1. The Bertz CT molecular complexity index is 285. The van der Waals surface area contributed by atoms with Crippen LogP contribution in [0.2, 0.25) is 0 Å². The molecule has 0 heterocycles. The van der Waals surface area contributed by atoms with Gasteiger partial charge in [-0.2, -0.15) is 0 Å². The third-order valence-corrected chi connectivity index (χ3v) is 2.18. The van der Waals surface area contributed by atoms with Gasteiger partial charge in [-0.25, -0.2) is 0 Å². The summed E-state index contributed by atoms with van der Waals surface area (Å²) in [4.78, 5) is 10.2. The molecule has 0 fully saturated rings. The van der Waals surface area contributed by atoms with Crippen LogP contribution in [-0.4, -0.2) is 24.2 Å². The molecule has 0 bridgehead atoms. The van der Waals surface area contributed by atoms with Crippen molar-refractivity contribution < 1.29 is 9.90 Å². The van der Waals surface area contributed by atoms with E-state index in [1.54, 1.807) is 0 Å². The second kappa shape index (κ2) is 7.01. The molecule has 1 rings (SSSR count). The highest BCUT2D eigenvalue weighted by molar-refractivity contribution is 5.66. The smallest absolute Gasteiger partial charge is 0.303 e. The number of carbonyl (C=O) groups is 1. The quantitative estimate of drug-likeness (QED) is 0.669. The fraction of sp³-hybridized carbons (Fsp3) is 0.417. The lowest BCUT2D eigenvalue weighted by Crippen LogP contribution is -2.19. The van der Waals surface area contributed by atoms with E-state index in [1.165, 1.54) is 5.56 Å². The van der Waals surface area contributed by atoms with Gasteiger partial charge in [-0.3, -0.25) is 4.79 Å². The lowest BCUT2D eigenvalue weighted by atomic mass is 10.1. The average Bonchev–Trinajstić information content (AvgIpc) is 2.24. The van der Waals surface area contributed by atoms with Crippen molar-refractivity contribution >= 4 is 5.97 Å². The minimum atomic E-state index is -0.722. The first-order valence-electron chi connectivity index (χ1n) is 5.25. The Balaban J connectivity index is 2.00. The van der Waals surface area contributed by atoms with Gasteiger partial charge >= 0.3 is 5.97 Å². The molecule has 0 aliphatic rings. The molecule has 0 atom stereocenters. The van der Waals surface area contributed by atoms with Gasteiger partial charge in [-0.1, -0.05) is 30.3 Å². The van der Waals surface area contributed by atoms with E-state index in [2.05, 4.69) is 17.4 Å². The summed E-state index contributed by atoms with van der Waals surface area (Å²) in [6.45, 7) is 1.68. The molecule has 0 saturated heterocycles. The molecule has 3 nitrogen and oxygen atoms in total. The van der Waals surface area contributed by atoms with Crippen molar-refractivity contribution in [3.8, 4) is 0 Å². The number of carboxylic acids is 1. The van der Waals surface area contributed by atoms with Crippen molar-refractivity contribution in [3.05, 3.63) is 35.9 Å². The summed E-state index contributed by atoms with van der Waals surface area (Å²) in [7, 11) is 0. The molecule has 82 valence electrons. The summed E-state index contributed by atoms with van der Waals surface area (Å²) in [5.41, 5.74) is 1.31. The first-order chi connectivity index (χ1) is 7.29. The maximum Gasteiger partial charge on any atom is 0.303 e. The Morgan fingerprint density at radius 2 is 1.93 bits per heavy atom. The van der Waals surface area contributed by atoms with Crippen LogP contribution < -0.4 is 5.32 Å². The van der Waals surface area contributed by atoms with Gasteiger partial charge in [0.1, 0.15) is 0 Å². The Morgan fingerprint density at radius 3 is 2.60 bits per heavy atom. The third-order valence-electron chi connectivity index (χ3n) is 2.18. The lowest BCUT2D eigenvalue weighted by molar-refractivity contribution is -0.137. The fourth-order valence-electron chi connectivity index (χ4n) is 1.37. The molecule has 0 saturated carbocycles. The number of aliphatic carboxylic acids is 1. The second-order valence-corrected chi connectivity index (χ2v) is 3.48. The summed E-state index contributed by atoms with van der Waals surface area (Å²) in [6, 6.07) is 10.3. The largest absolute Gasteiger partial charge is 0.481 e. The Hall–Kier alpha value is -1.35. The van der Waals surface area contributed by atoms with Crippen molar-refractivity contribution in [2.75, 3.05) is 13.1 Å². The molecule has 1 aromatic rings. The zero-order valence-electron chi connectivity index (χ0n) is 8.78. The van der Waals surface area contributed by atoms with Crippen molar-refractivity contribution in [3.63, 3.8) is 0 Å². The highest BCUT2D eigenvalue weighted by Crippen LogP contribution is 1.98. The molecule has 2 N–H and O–H groups in total. The van der Waals surface area contributed by atoms with Crippen LogP contribution in [0.4, 0.5) is 0 Å². The number of hydrogen-bond acceptors (Lipinski definition) is 2. The molecule has 0 radical (unpaired) electrons. The van der Waals surface area contributed by atoms with Crippen LogP contribution in [0.5, 0.6) is 0 Å². The molecule has 0 amide bonds. The lowest BCUT2D eigenvalue weighted by Gasteiger charge is -2.03. The molecule has 15 heavy (non-hydrogen) atoms. The summed E-state index contributed by atoms with van der Waals surface area (Å²) < 4.78 is 0. The van der Waals surface area contributed by atoms with E-state index in [0.29, 0.717) is 6.42 Å². The van der Waals surface area contributed by atoms with Crippen molar-refractivity contribution in [2.45, 2.75) is 19.3 Å². The zero-order valence-corrected chi connectivity index (χ0v) is 8.78. The molecular formula is C12H17NO2. The average molecular weight is 207 g/mol. The third kappa shape index (κ3) is 5.86. The summed E-state index contributed by atoms with van der Waals surface area (Å²) in [6.07, 6.45) is 1.94. The van der Waals surface area contributed by atoms with Crippen molar-refractivity contribution in [1.82, 2.24) is 5.32 Å². The number of rotatable bonds is 7. The Morgan fingerprint density at radius 1 is 1.20 bits per heavy atom. The first kappa shape index (κ1) is 11.7. The van der Waals surface area contributed by atoms with Crippen molar-refractivity contribution in [2.24, 2.45) is 0 Å². The van der Waals surface area contributed by atoms with Gasteiger partial charge in [0.2, 0.25) is 0 Å². The van der Waals surface area contributed by atoms with E-state index in [4.69, 9.17) is 5.11 Å². The summed E-state index contributed by atoms with van der Waals surface area (Å²) in [5, 5.41) is 11.6. The molecule has 0 spiro atoms. The minimum Gasteiger partial charge on any atom is -0.481 e. The number of hydrogen-bond donors (Lipinski definition) is 2. The first-order valence-corrected chi connectivity index (χ1v) is 5.25. The van der Waals surface area contributed by atoms with Crippen LogP contribution >= 0.6 is 0 Å². The van der Waals surface area contributed by atoms with Gasteiger partial charge in [0.15, 0.2) is 0 Å². The molecule has 0 unspecified atom stereocenters. The minimum absolute atomic E-state index is 0.248. The van der Waals surface area contributed by atoms with Gasteiger partial charge in [0.25, 0.3) is 0 Å². The predicted octanol–water partition coefficient (Wildman–Crippen LogP) is 1.68. The van der Waals surface area contributed by atoms with E-state index in [0.717, 1.165) is 19.5 Å². The van der Waals surface area contributed by atoms with Crippen LogP contribution in [-0.2, 0) is 11.2 Å². The van der Waals surface area contributed by atoms with Crippen molar-refractivity contribution in [1.29, 1.82) is 0 Å². The van der Waals surface area contributed by atoms with Crippen LogP contribution in [0.15, 0.2) is 30.3 Å². The maximum absolute atomic E-state index is 10.2. The molecule has 3 heteroatoms. The number of carboxylic acid groups (broad SMARTS) is 1. The van der Waals surface area contributed by atoms with Crippen LogP contribution in [0, 0.1) is 0 Å². The summed E-state index contributed by atoms with van der Waals surface area (Å²) >= 11 is 0. The molecule has 0 aromatic heterocycles. The van der Waals surface area contributed by atoms with E-state index in [9.17, 15) is 4.79 Å². The van der Waals surface area contributed by atoms with Gasteiger partial charge < -0.3 is 10.4 Å².